The van der Waals surface area contributed by atoms with Crippen LogP contribution in [0.15, 0.2) is 53.5 Å². The third-order valence-electron chi connectivity index (χ3n) is 9.61. The van der Waals surface area contributed by atoms with E-state index < -0.39 is 29.7 Å². The predicted octanol–water partition coefficient (Wildman–Crippen LogP) is 3.24. The lowest BCUT2D eigenvalue weighted by molar-refractivity contribution is -0.136. The van der Waals surface area contributed by atoms with Crippen molar-refractivity contribution in [1.29, 1.82) is 0 Å². The monoisotopic (exact) mass is 765 g/mol. The molecule has 0 saturated carbocycles. The summed E-state index contributed by atoms with van der Waals surface area (Å²) in [5.41, 5.74) is 1.35. The average molecular weight is 766 g/mol. The molecule has 2 N–H and O–H groups in total. The molecule has 7 rings (SSSR count). The van der Waals surface area contributed by atoms with Crippen molar-refractivity contribution in [1.82, 2.24) is 29.7 Å². The van der Waals surface area contributed by atoms with Gasteiger partial charge in [0.15, 0.2) is 17.4 Å². The van der Waals surface area contributed by atoms with Gasteiger partial charge in [0.25, 0.3) is 17.4 Å². The SMILES string of the molecule is CC(=O)COc1cc2cc(Nc3nc(C#CC4CCCN(CCOc5ccc6c(c5)C(=O)N(C5CCC(=O)NC5=O)C6=O)C4)ncc3Cl)ccc2n(C)c1=O. The molecule has 2 aromatic carbocycles. The van der Waals surface area contributed by atoms with E-state index in [0.717, 1.165) is 24.3 Å². The van der Waals surface area contributed by atoms with Gasteiger partial charge < -0.3 is 19.4 Å². The molecule has 2 aromatic heterocycles. The Kier molecular flexibility index (Phi) is 10.6. The number of Topliss-reactive ketones (excluding diaryl/α,β-unsaturated/α-hetero) is 1. The van der Waals surface area contributed by atoms with Gasteiger partial charge in [0.05, 0.1) is 22.8 Å². The van der Waals surface area contributed by atoms with Gasteiger partial charge in [0, 0.05) is 43.5 Å². The molecule has 3 aliphatic rings. The summed E-state index contributed by atoms with van der Waals surface area (Å²) in [6, 6.07) is 10.7. The number of carbonyl (C=O) groups excluding carboxylic acids is 5. The van der Waals surface area contributed by atoms with Crippen LogP contribution in [0, 0.1) is 17.8 Å². The van der Waals surface area contributed by atoms with Crippen molar-refractivity contribution in [3.63, 3.8) is 0 Å². The number of benzene rings is 2. The van der Waals surface area contributed by atoms with Gasteiger partial charge in [0.2, 0.25) is 17.6 Å². The van der Waals surface area contributed by atoms with Gasteiger partial charge in [-0.15, -0.1) is 0 Å². The second kappa shape index (κ2) is 15.7. The molecule has 2 unspecified atom stereocenters. The summed E-state index contributed by atoms with van der Waals surface area (Å²) in [5, 5.41) is 6.41. The van der Waals surface area contributed by atoms with Crippen LogP contribution in [0.25, 0.3) is 10.9 Å². The van der Waals surface area contributed by atoms with Crippen molar-refractivity contribution in [2.24, 2.45) is 13.0 Å². The Morgan fingerprint density at radius 1 is 1.04 bits per heavy atom. The number of fused-ring (bicyclic) bond motifs is 2. The molecule has 0 aliphatic carbocycles. The molecule has 3 aliphatic heterocycles. The number of ether oxygens (including phenoxy) is 2. The highest BCUT2D eigenvalue weighted by Crippen LogP contribution is 2.31. The number of likely N-dealkylation sites (tertiary alicyclic amines) is 1. The van der Waals surface area contributed by atoms with Crippen molar-refractivity contribution in [2.75, 3.05) is 38.2 Å². The molecule has 16 heteroatoms. The molecule has 55 heavy (non-hydrogen) atoms. The number of ketones is 1. The molecule has 282 valence electrons. The zero-order chi connectivity index (χ0) is 38.8. The van der Waals surface area contributed by atoms with Gasteiger partial charge in [-0.25, -0.2) is 9.97 Å². The number of halogens is 1. The van der Waals surface area contributed by atoms with E-state index in [1.165, 1.54) is 29.8 Å². The van der Waals surface area contributed by atoms with Crippen molar-refractivity contribution in [2.45, 2.75) is 38.6 Å². The van der Waals surface area contributed by atoms with Crippen molar-refractivity contribution in [3.05, 3.63) is 81.0 Å². The summed E-state index contributed by atoms with van der Waals surface area (Å²) in [6.07, 6.45) is 3.47. The fraction of sp³-hybridized carbons (Fsp3) is 0.333. The van der Waals surface area contributed by atoms with Crippen molar-refractivity contribution >= 4 is 63.4 Å². The van der Waals surface area contributed by atoms with E-state index in [9.17, 15) is 28.8 Å². The van der Waals surface area contributed by atoms with E-state index in [1.54, 1.807) is 31.3 Å². The van der Waals surface area contributed by atoms with Crippen molar-refractivity contribution in [3.8, 4) is 23.3 Å². The highest BCUT2D eigenvalue weighted by Gasteiger charge is 2.44. The first-order valence-corrected chi connectivity index (χ1v) is 18.1. The van der Waals surface area contributed by atoms with Gasteiger partial charge in [-0.1, -0.05) is 17.5 Å². The number of aromatic nitrogens is 3. The molecule has 15 nitrogen and oxygen atoms in total. The summed E-state index contributed by atoms with van der Waals surface area (Å²) in [7, 11) is 1.64. The van der Waals surface area contributed by atoms with Crippen LogP contribution in [0.5, 0.6) is 11.5 Å². The highest BCUT2D eigenvalue weighted by atomic mass is 35.5. The summed E-state index contributed by atoms with van der Waals surface area (Å²) >= 11 is 6.45. The number of pyridine rings is 1. The number of rotatable bonds is 10. The first-order valence-electron chi connectivity index (χ1n) is 17.7. The minimum atomic E-state index is -1.03. The Bertz CT molecular complexity index is 2390. The minimum absolute atomic E-state index is 0.0530. The third-order valence-corrected chi connectivity index (χ3v) is 9.89. The predicted molar refractivity (Wildman–Crippen MR) is 200 cm³/mol. The molecule has 0 radical (unpaired) electrons. The zero-order valence-corrected chi connectivity index (χ0v) is 30.8. The molecule has 4 aromatic rings. The van der Waals surface area contributed by atoms with Crippen LogP contribution in [0.4, 0.5) is 11.5 Å². The topological polar surface area (TPSA) is 182 Å². The van der Waals surface area contributed by atoms with E-state index in [0.29, 0.717) is 58.7 Å². The molecular weight excluding hydrogens is 730 g/mol. The van der Waals surface area contributed by atoms with E-state index in [4.69, 9.17) is 21.1 Å². The van der Waals surface area contributed by atoms with Gasteiger partial charge in [0.1, 0.15) is 30.0 Å². The number of nitrogens with one attached hydrogen (secondary N) is 2. The maximum absolute atomic E-state index is 13.2. The van der Waals surface area contributed by atoms with Crippen LogP contribution in [0.3, 0.4) is 0 Å². The summed E-state index contributed by atoms with van der Waals surface area (Å²) in [4.78, 5) is 86.2. The molecule has 2 fully saturated rings. The number of imide groups is 2. The molecule has 4 amide bonds. The first kappa shape index (κ1) is 37.2. The molecule has 2 saturated heterocycles. The van der Waals surface area contributed by atoms with Crippen LogP contribution in [0.1, 0.15) is 59.1 Å². The number of aryl methyl sites for hydroxylation is 1. The van der Waals surface area contributed by atoms with Crippen LogP contribution in [0.2, 0.25) is 5.02 Å². The fourth-order valence-electron chi connectivity index (χ4n) is 6.84. The lowest BCUT2D eigenvalue weighted by Crippen LogP contribution is -2.54. The Labute approximate surface area is 319 Å². The van der Waals surface area contributed by atoms with E-state index >= 15 is 0 Å². The smallest absolute Gasteiger partial charge is 0.293 e. The van der Waals surface area contributed by atoms with Gasteiger partial charge in [-0.05, 0) is 81.1 Å². The highest BCUT2D eigenvalue weighted by molar-refractivity contribution is 6.32. The fourth-order valence-corrected chi connectivity index (χ4v) is 6.98. The third kappa shape index (κ3) is 8.06. The summed E-state index contributed by atoms with van der Waals surface area (Å²) < 4.78 is 12.9. The van der Waals surface area contributed by atoms with Crippen LogP contribution >= 0.6 is 11.6 Å². The normalized spacial score (nSPS) is 18.4. The van der Waals surface area contributed by atoms with E-state index in [1.807, 2.05) is 6.07 Å². The largest absolute Gasteiger partial charge is 0.492 e. The quantitative estimate of drug-likeness (QED) is 0.178. The number of amides is 4. The maximum Gasteiger partial charge on any atom is 0.293 e. The van der Waals surface area contributed by atoms with Crippen molar-refractivity contribution < 1.29 is 33.4 Å². The summed E-state index contributed by atoms with van der Waals surface area (Å²) in [6.45, 7) is 3.72. The number of piperidine rings is 2. The van der Waals surface area contributed by atoms with Gasteiger partial charge >= 0.3 is 0 Å². The standard InChI is InChI=1S/C39H36ClN7O8/c1-22(48)21-55-32-17-24-16-25(6-9-30(24)45(2)39(32)53)42-35-29(40)19-41-33(43-35)11-5-23-4-3-13-46(20-23)14-15-54-26-7-8-27-28(18-26)38(52)47(37(27)51)31-10-12-34(49)44-36(31)50/h6-9,16-19,23,31H,3-4,10,12-15,20-21H2,1-2H3,(H,41,42,43)(H,44,49,50). The molecule has 0 spiro atoms. The molecular formula is C39H36ClN7O8. The minimum Gasteiger partial charge on any atom is -0.492 e. The maximum atomic E-state index is 13.2. The Hall–Kier alpha value is -6.11. The second-order valence-corrected chi connectivity index (χ2v) is 14.0. The number of nitrogens with zero attached hydrogens (tertiary/aromatic N) is 5. The molecule has 5 heterocycles. The molecule has 2 atom stereocenters. The number of hydrogen-bond donors (Lipinski definition) is 2. The van der Waals surface area contributed by atoms with E-state index in [-0.39, 0.29) is 53.6 Å². The zero-order valence-electron chi connectivity index (χ0n) is 30.0. The van der Waals surface area contributed by atoms with Crippen LogP contribution in [-0.4, -0.2) is 92.6 Å². The number of carbonyl (C=O) groups is 5. The lowest BCUT2D eigenvalue weighted by Gasteiger charge is -2.30. The molecule has 0 bridgehead atoms. The average Bonchev–Trinajstić information content (AvgIpc) is 3.40. The van der Waals surface area contributed by atoms with Gasteiger partial charge in [-0.2, -0.15) is 0 Å². The Morgan fingerprint density at radius 3 is 2.65 bits per heavy atom. The van der Waals surface area contributed by atoms with Crippen LogP contribution in [-0.2, 0) is 21.4 Å². The first-order chi connectivity index (χ1) is 26.4. The number of anilines is 2. The Balaban J connectivity index is 0.951. The van der Waals surface area contributed by atoms with Crippen LogP contribution < -0.4 is 25.7 Å². The second-order valence-electron chi connectivity index (χ2n) is 13.6. The Morgan fingerprint density at radius 2 is 1.85 bits per heavy atom. The lowest BCUT2D eigenvalue weighted by atomic mass is 9.99. The van der Waals surface area contributed by atoms with Gasteiger partial charge in [-0.3, -0.25) is 43.9 Å². The summed E-state index contributed by atoms with van der Waals surface area (Å²) in [5.74, 6) is 5.21. The van der Waals surface area contributed by atoms with E-state index in [2.05, 4.69) is 37.3 Å². The number of hydrogen-bond acceptors (Lipinski definition) is 12.